The van der Waals surface area contributed by atoms with Crippen molar-refractivity contribution in [1.29, 1.82) is 0 Å². The molecule has 98 valence electrons. The molecule has 0 fully saturated rings. The zero-order chi connectivity index (χ0) is 13.5. The Kier molecular flexibility index (Phi) is 4.47. The van der Waals surface area contributed by atoms with E-state index < -0.39 is 0 Å². The molecule has 2 aromatic rings. The molecule has 0 aliphatic heterocycles. The van der Waals surface area contributed by atoms with Crippen molar-refractivity contribution in [3.8, 4) is 5.75 Å². The summed E-state index contributed by atoms with van der Waals surface area (Å²) in [4.78, 5) is 18.8. The summed E-state index contributed by atoms with van der Waals surface area (Å²) in [6.45, 7) is 0.153. The van der Waals surface area contributed by atoms with Crippen molar-refractivity contribution in [2.75, 3.05) is 13.9 Å². The summed E-state index contributed by atoms with van der Waals surface area (Å²) in [5.74, 6) is 1.12. The summed E-state index contributed by atoms with van der Waals surface area (Å²) in [5, 5.41) is 0. The van der Waals surface area contributed by atoms with Crippen molar-refractivity contribution in [3.05, 3.63) is 54.1 Å². The molecule has 1 aromatic carbocycles. The summed E-state index contributed by atoms with van der Waals surface area (Å²) in [6, 6.07) is 6.94. The zero-order valence-corrected chi connectivity index (χ0v) is 10.5. The maximum absolute atomic E-state index is 12.0. The normalized spacial score (nSPS) is 10.8. The van der Waals surface area contributed by atoms with Gasteiger partial charge in [-0.3, -0.25) is 4.79 Å². The molecule has 0 spiro atoms. The number of aromatic nitrogens is 2. The van der Waals surface area contributed by atoms with Gasteiger partial charge in [-0.15, -0.1) is 0 Å². The van der Waals surface area contributed by atoms with Gasteiger partial charge in [-0.25, -0.2) is 4.98 Å². The highest BCUT2D eigenvalue weighted by Gasteiger charge is 2.03. The van der Waals surface area contributed by atoms with E-state index in [0.29, 0.717) is 17.1 Å². The predicted molar refractivity (Wildman–Crippen MR) is 70.9 cm³/mol. The van der Waals surface area contributed by atoms with E-state index in [4.69, 9.17) is 9.47 Å². The molecular formula is C14H14N2O3. The van der Waals surface area contributed by atoms with E-state index in [1.165, 1.54) is 6.08 Å². The van der Waals surface area contributed by atoms with Crippen LogP contribution in [-0.4, -0.2) is 29.7 Å². The van der Waals surface area contributed by atoms with Gasteiger partial charge in [-0.05, 0) is 24.3 Å². The number of imidazole rings is 1. The Morgan fingerprint density at radius 2 is 2.37 bits per heavy atom. The number of ketones is 1. The van der Waals surface area contributed by atoms with Crippen LogP contribution >= 0.6 is 0 Å². The fourth-order valence-electron chi connectivity index (χ4n) is 1.49. The number of aromatic amines is 1. The molecule has 0 aliphatic carbocycles. The Balaban J connectivity index is 2.06. The summed E-state index contributed by atoms with van der Waals surface area (Å²) in [6.07, 6.45) is 6.42. The molecule has 2 rings (SSSR count). The molecule has 5 nitrogen and oxygen atoms in total. The third kappa shape index (κ3) is 3.79. The number of ether oxygens (including phenoxy) is 2. The highest BCUT2D eigenvalue weighted by molar-refractivity contribution is 6.06. The molecule has 0 saturated heterocycles. The summed E-state index contributed by atoms with van der Waals surface area (Å²) in [7, 11) is 1.54. The number of H-pyrrole nitrogens is 1. The Morgan fingerprint density at radius 3 is 3.11 bits per heavy atom. The van der Waals surface area contributed by atoms with E-state index in [2.05, 4.69) is 9.97 Å². The van der Waals surface area contributed by atoms with Crippen LogP contribution < -0.4 is 4.74 Å². The van der Waals surface area contributed by atoms with E-state index in [1.807, 2.05) is 0 Å². The standard InChI is InChI=1S/C14H14N2O3/c1-18-10-19-12-4-2-3-11(9-12)13(17)5-6-14-15-7-8-16-14/h2-9H,10H2,1H3,(H,15,16)/b6-5+. The molecule has 5 heteroatoms. The van der Waals surface area contributed by atoms with Crippen LogP contribution in [0, 0.1) is 0 Å². The largest absolute Gasteiger partial charge is 0.468 e. The van der Waals surface area contributed by atoms with Gasteiger partial charge in [-0.2, -0.15) is 0 Å². The molecule has 0 unspecified atom stereocenters. The monoisotopic (exact) mass is 258 g/mol. The summed E-state index contributed by atoms with van der Waals surface area (Å²) in [5.41, 5.74) is 0.552. The van der Waals surface area contributed by atoms with Crippen LogP contribution in [0.2, 0.25) is 0 Å². The van der Waals surface area contributed by atoms with Gasteiger partial charge in [-0.1, -0.05) is 12.1 Å². The van der Waals surface area contributed by atoms with Crippen LogP contribution in [0.15, 0.2) is 42.7 Å². The highest BCUT2D eigenvalue weighted by atomic mass is 16.7. The number of methoxy groups -OCH3 is 1. The van der Waals surface area contributed by atoms with Crippen LogP contribution in [0.25, 0.3) is 6.08 Å². The second-order valence-corrected chi connectivity index (χ2v) is 3.75. The van der Waals surface area contributed by atoms with Crippen molar-refractivity contribution in [3.63, 3.8) is 0 Å². The van der Waals surface area contributed by atoms with Crippen molar-refractivity contribution >= 4 is 11.9 Å². The van der Waals surface area contributed by atoms with Gasteiger partial charge in [0.25, 0.3) is 0 Å². The van der Waals surface area contributed by atoms with E-state index >= 15 is 0 Å². The number of hydrogen-bond donors (Lipinski definition) is 1. The lowest BCUT2D eigenvalue weighted by atomic mass is 10.1. The maximum Gasteiger partial charge on any atom is 0.188 e. The van der Waals surface area contributed by atoms with E-state index in [1.54, 1.807) is 49.8 Å². The molecule has 0 aliphatic rings. The van der Waals surface area contributed by atoms with Crippen LogP contribution in [0.5, 0.6) is 5.75 Å². The van der Waals surface area contributed by atoms with Crippen LogP contribution in [0.4, 0.5) is 0 Å². The first-order valence-electron chi connectivity index (χ1n) is 5.73. The van der Waals surface area contributed by atoms with E-state index in [0.717, 1.165) is 0 Å². The van der Waals surface area contributed by atoms with Crippen molar-refractivity contribution in [2.45, 2.75) is 0 Å². The van der Waals surface area contributed by atoms with Crippen LogP contribution in [0.1, 0.15) is 16.2 Å². The van der Waals surface area contributed by atoms with Crippen molar-refractivity contribution in [2.24, 2.45) is 0 Å². The van der Waals surface area contributed by atoms with Gasteiger partial charge in [0.05, 0.1) is 0 Å². The maximum atomic E-state index is 12.0. The molecule has 0 bridgehead atoms. The lowest BCUT2D eigenvalue weighted by Crippen LogP contribution is -2.00. The number of hydrogen-bond acceptors (Lipinski definition) is 4. The minimum Gasteiger partial charge on any atom is -0.468 e. The number of nitrogens with zero attached hydrogens (tertiary/aromatic N) is 1. The first kappa shape index (κ1) is 13.0. The molecule has 0 radical (unpaired) electrons. The van der Waals surface area contributed by atoms with Crippen LogP contribution in [-0.2, 0) is 4.74 Å². The second-order valence-electron chi connectivity index (χ2n) is 3.75. The van der Waals surface area contributed by atoms with Crippen molar-refractivity contribution in [1.82, 2.24) is 9.97 Å². The topological polar surface area (TPSA) is 64.2 Å². The number of benzene rings is 1. The lowest BCUT2D eigenvalue weighted by Gasteiger charge is -2.05. The average Bonchev–Trinajstić information content (AvgIpc) is 2.96. The van der Waals surface area contributed by atoms with E-state index in [9.17, 15) is 4.79 Å². The predicted octanol–water partition coefficient (Wildman–Crippen LogP) is 2.29. The van der Waals surface area contributed by atoms with Gasteiger partial charge in [0, 0.05) is 25.1 Å². The number of nitrogens with one attached hydrogen (secondary N) is 1. The molecule has 1 aromatic heterocycles. The van der Waals surface area contributed by atoms with E-state index in [-0.39, 0.29) is 12.6 Å². The molecule has 0 amide bonds. The number of rotatable bonds is 6. The van der Waals surface area contributed by atoms with Crippen LogP contribution in [0.3, 0.4) is 0 Å². The Labute approximate surface area is 110 Å². The molecule has 0 saturated carbocycles. The third-order valence-electron chi connectivity index (χ3n) is 2.37. The van der Waals surface area contributed by atoms with Gasteiger partial charge in [0.15, 0.2) is 12.6 Å². The summed E-state index contributed by atoms with van der Waals surface area (Å²) < 4.78 is 10.1. The molecule has 19 heavy (non-hydrogen) atoms. The SMILES string of the molecule is COCOc1cccc(C(=O)/C=C/c2ncc[nH]2)c1. The number of allylic oxidation sites excluding steroid dienone is 1. The fourth-order valence-corrected chi connectivity index (χ4v) is 1.49. The lowest BCUT2D eigenvalue weighted by molar-refractivity contribution is 0.0510. The fraction of sp³-hybridized carbons (Fsp3) is 0.143. The molecular weight excluding hydrogens is 244 g/mol. The minimum absolute atomic E-state index is 0.112. The Bertz CT molecular complexity index is 562. The first-order chi connectivity index (χ1) is 9.29. The van der Waals surface area contributed by atoms with Gasteiger partial charge >= 0.3 is 0 Å². The smallest absolute Gasteiger partial charge is 0.188 e. The zero-order valence-electron chi connectivity index (χ0n) is 10.5. The quantitative estimate of drug-likeness (QED) is 0.490. The Morgan fingerprint density at radius 1 is 1.47 bits per heavy atom. The number of carbonyl (C=O) groups is 1. The first-order valence-corrected chi connectivity index (χ1v) is 5.73. The molecule has 0 atom stereocenters. The molecule has 1 heterocycles. The highest BCUT2D eigenvalue weighted by Crippen LogP contribution is 2.14. The van der Waals surface area contributed by atoms with Gasteiger partial charge in [0.1, 0.15) is 11.6 Å². The summed E-state index contributed by atoms with van der Waals surface area (Å²) >= 11 is 0. The third-order valence-corrected chi connectivity index (χ3v) is 2.37. The minimum atomic E-state index is -0.112. The number of carbonyl (C=O) groups excluding carboxylic acids is 1. The molecule has 1 N–H and O–H groups in total. The average molecular weight is 258 g/mol. The van der Waals surface area contributed by atoms with Gasteiger partial charge < -0.3 is 14.5 Å². The second kappa shape index (κ2) is 6.51. The van der Waals surface area contributed by atoms with Gasteiger partial charge in [0.2, 0.25) is 0 Å². The Hall–Kier alpha value is -2.40. The van der Waals surface area contributed by atoms with Crippen molar-refractivity contribution < 1.29 is 14.3 Å².